The van der Waals surface area contributed by atoms with Crippen LogP contribution in [0.1, 0.15) is 5.56 Å². The van der Waals surface area contributed by atoms with E-state index in [4.69, 9.17) is 9.32 Å². The Bertz CT molecular complexity index is 667. The van der Waals surface area contributed by atoms with Crippen LogP contribution in [0.4, 0.5) is 5.69 Å². The minimum atomic E-state index is -1.57. The van der Waals surface area contributed by atoms with Gasteiger partial charge in [0.25, 0.3) is 0 Å². The summed E-state index contributed by atoms with van der Waals surface area (Å²) in [5, 5.41) is 8.86. The van der Waals surface area contributed by atoms with Gasteiger partial charge in [-0.3, -0.25) is 10.7 Å². The smallest absolute Gasteiger partial charge is 0.173 e. The Morgan fingerprint density at radius 2 is 1.40 bits per heavy atom. The molecule has 0 amide bonds. The van der Waals surface area contributed by atoms with E-state index in [0.29, 0.717) is 5.69 Å². The summed E-state index contributed by atoms with van der Waals surface area (Å²) in [7, 11) is -3.03. The molecule has 0 fully saturated rings. The normalized spacial score (nSPS) is 12.2. The van der Waals surface area contributed by atoms with Gasteiger partial charge in [0, 0.05) is 9.79 Å². The fourth-order valence-electron chi connectivity index (χ4n) is 2.78. The lowest BCUT2D eigenvalue weighted by atomic mass is 10.2. The summed E-state index contributed by atoms with van der Waals surface area (Å²) in [6, 6.07) is 17.7. The van der Waals surface area contributed by atoms with Crippen molar-refractivity contribution in [3.8, 4) is 0 Å². The van der Waals surface area contributed by atoms with Gasteiger partial charge in [-0.25, -0.2) is 0 Å². The number of rotatable bonds is 8. The van der Waals surface area contributed by atoms with E-state index in [1.165, 1.54) is 16.5 Å². The van der Waals surface area contributed by atoms with Crippen molar-refractivity contribution in [2.45, 2.75) is 55.0 Å². The molecule has 0 atom stereocenters. The Labute approximate surface area is 158 Å². The second-order valence-electron chi connectivity index (χ2n) is 7.86. The second kappa shape index (κ2) is 8.55. The molecule has 0 spiro atoms. The summed E-state index contributed by atoms with van der Waals surface area (Å²) < 4.78 is 6.42. The molecule has 0 unspecified atom stereocenters. The number of aryl methyl sites for hydroxylation is 1. The predicted octanol–water partition coefficient (Wildman–Crippen LogP) is 6.24. The average molecular weight is 392 g/mol. The highest BCUT2D eigenvalue weighted by molar-refractivity contribution is 7.99. The third kappa shape index (κ3) is 7.37. The Morgan fingerprint density at radius 3 is 1.88 bits per heavy atom. The molecule has 0 heterocycles. The van der Waals surface area contributed by atoms with Crippen LogP contribution in [0.3, 0.4) is 0 Å². The molecular formula is C19H29NO2SSi2. The molecule has 3 nitrogen and oxygen atoms in total. The number of hydrogen-bond donors (Lipinski definition) is 2. The summed E-state index contributed by atoms with van der Waals surface area (Å²) in [5.41, 5.74) is 4.23. The lowest BCUT2D eigenvalue weighted by Gasteiger charge is -2.31. The van der Waals surface area contributed by atoms with Gasteiger partial charge in [-0.05, 0) is 87.2 Å². The summed E-state index contributed by atoms with van der Waals surface area (Å²) in [6.45, 7) is 11.5. The summed E-state index contributed by atoms with van der Waals surface area (Å²) >= 11 is 1.73. The molecule has 6 heteroatoms. The first kappa shape index (κ1) is 20.3. The van der Waals surface area contributed by atoms with Crippen molar-refractivity contribution < 1.29 is 9.32 Å². The van der Waals surface area contributed by atoms with E-state index < -0.39 is 16.6 Å². The zero-order valence-corrected chi connectivity index (χ0v) is 18.6. The van der Waals surface area contributed by atoms with E-state index in [9.17, 15) is 0 Å². The minimum absolute atomic E-state index is 0.701. The van der Waals surface area contributed by atoms with Crippen LogP contribution in [0.15, 0.2) is 58.3 Å². The highest BCUT2D eigenvalue weighted by Crippen LogP contribution is 2.29. The Morgan fingerprint density at radius 1 is 0.880 bits per heavy atom. The first-order valence-electron chi connectivity index (χ1n) is 8.64. The average Bonchev–Trinajstić information content (AvgIpc) is 2.53. The zero-order chi connectivity index (χ0) is 18.5. The summed E-state index contributed by atoms with van der Waals surface area (Å²) in [4.78, 5) is 2.38. The maximum Gasteiger partial charge on any atom is 0.173 e. The molecule has 2 aromatic rings. The van der Waals surface area contributed by atoms with Gasteiger partial charge in [0.1, 0.15) is 0 Å². The van der Waals surface area contributed by atoms with Gasteiger partial charge in [-0.15, -0.1) is 0 Å². The molecule has 0 radical (unpaired) electrons. The van der Waals surface area contributed by atoms with Crippen LogP contribution in [0.5, 0.6) is 0 Å². The molecule has 0 aliphatic rings. The molecule has 2 aromatic carbocycles. The van der Waals surface area contributed by atoms with Crippen molar-refractivity contribution in [1.29, 1.82) is 0 Å². The highest BCUT2D eigenvalue weighted by Gasteiger charge is 2.29. The number of benzene rings is 2. The Hall–Kier alpha value is -1.06. The largest absolute Gasteiger partial charge is 0.456 e. The standard InChI is InChI=1S/C19H29NO2SSi2/c1-24(2,3)22-25(4,5)15-14-16-6-10-18(11-7-16)23-19-12-8-17(20-21)9-13-19/h6-13,20-21H,14-15H2,1-5H3. The van der Waals surface area contributed by atoms with Crippen LogP contribution in [0.25, 0.3) is 0 Å². The molecule has 0 aromatic heterocycles. The third-order valence-corrected chi connectivity index (χ3v) is 10.9. The second-order valence-corrected chi connectivity index (χ2v) is 18.1. The Balaban J connectivity index is 1.91. The summed E-state index contributed by atoms with van der Waals surface area (Å²) in [6.07, 6.45) is 1.09. The zero-order valence-electron chi connectivity index (χ0n) is 15.8. The lowest BCUT2D eigenvalue weighted by molar-refractivity contribution is 0.389. The van der Waals surface area contributed by atoms with Gasteiger partial charge >= 0.3 is 0 Å². The van der Waals surface area contributed by atoms with Crippen LogP contribution in [0.2, 0.25) is 38.8 Å². The van der Waals surface area contributed by atoms with E-state index in [0.717, 1.165) is 11.3 Å². The van der Waals surface area contributed by atoms with Gasteiger partial charge in [0.2, 0.25) is 0 Å². The maximum atomic E-state index is 8.86. The van der Waals surface area contributed by atoms with Gasteiger partial charge in [0.15, 0.2) is 16.6 Å². The van der Waals surface area contributed by atoms with Crippen molar-refractivity contribution in [2.75, 3.05) is 5.48 Å². The van der Waals surface area contributed by atoms with Crippen molar-refractivity contribution >= 4 is 34.1 Å². The fraction of sp³-hybridized carbons (Fsp3) is 0.368. The van der Waals surface area contributed by atoms with Crippen molar-refractivity contribution in [3.63, 3.8) is 0 Å². The predicted molar refractivity (Wildman–Crippen MR) is 113 cm³/mol. The number of hydrogen-bond acceptors (Lipinski definition) is 4. The van der Waals surface area contributed by atoms with Crippen molar-refractivity contribution in [2.24, 2.45) is 0 Å². The van der Waals surface area contributed by atoms with E-state index in [1.807, 2.05) is 24.3 Å². The molecule has 0 saturated carbocycles. The minimum Gasteiger partial charge on any atom is -0.456 e. The fourth-order valence-corrected chi connectivity index (χ4v) is 11.5. The summed E-state index contributed by atoms with van der Waals surface area (Å²) in [5.74, 6) is 0. The first-order chi connectivity index (χ1) is 11.7. The van der Waals surface area contributed by atoms with Crippen LogP contribution in [-0.2, 0) is 10.5 Å². The molecule has 0 aliphatic heterocycles. The highest BCUT2D eigenvalue weighted by atomic mass is 32.2. The SMILES string of the molecule is C[Si](C)(C)O[Si](C)(C)CCc1ccc(Sc2ccc(NO)cc2)cc1. The Kier molecular flexibility index (Phi) is 6.93. The van der Waals surface area contributed by atoms with Crippen molar-refractivity contribution in [3.05, 3.63) is 54.1 Å². The molecule has 2 rings (SSSR count). The number of anilines is 1. The molecule has 0 saturated heterocycles. The van der Waals surface area contributed by atoms with E-state index in [2.05, 4.69) is 62.5 Å². The number of nitrogens with one attached hydrogen (secondary N) is 1. The molecular weight excluding hydrogens is 362 g/mol. The van der Waals surface area contributed by atoms with Crippen LogP contribution >= 0.6 is 11.8 Å². The molecule has 136 valence electrons. The topological polar surface area (TPSA) is 41.5 Å². The van der Waals surface area contributed by atoms with E-state index >= 15 is 0 Å². The van der Waals surface area contributed by atoms with Crippen LogP contribution in [0, 0.1) is 0 Å². The maximum absolute atomic E-state index is 8.86. The molecule has 2 N–H and O–H groups in total. The quantitative estimate of drug-likeness (QED) is 0.413. The van der Waals surface area contributed by atoms with Crippen LogP contribution in [-0.4, -0.2) is 21.8 Å². The van der Waals surface area contributed by atoms with Gasteiger partial charge in [-0.1, -0.05) is 23.9 Å². The molecule has 0 aliphatic carbocycles. The molecule has 25 heavy (non-hydrogen) atoms. The lowest BCUT2D eigenvalue weighted by Crippen LogP contribution is -2.42. The first-order valence-corrected chi connectivity index (χ1v) is 16.0. The van der Waals surface area contributed by atoms with Crippen molar-refractivity contribution in [1.82, 2.24) is 0 Å². The van der Waals surface area contributed by atoms with Gasteiger partial charge in [-0.2, -0.15) is 0 Å². The van der Waals surface area contributed by atoms with Gasteiger partial charge < -0.3 is 4.12 Å². The third-order valence-electron chi connectivity index (χ3n) is 3.74. The van der Waals surface area contributed by atoms with E-state index in [1.54, 1.807) is 11.8 Å². The van der Waals surface area contributed by atoms with Gasteiger partial charge in [0.05, 0.1) is 5.69 Å². The van der Waals surface area contributed by atoms with Crippen LogP contribution < -0.4 is 5.48 Å². The molecule has 0 bridgehead atoms. The van der Waals surface area contributed by atoms with E-state index in [-0.39, 0.29) is 0 Å². The monoisotopic (exact) mass is 391 g/mol.